The lowest BCUT2D eigenvalue weighted by molar-refractivity contribution is -0.139. The highest BCUT2D eigenvalue weighted by Crippen LogP contribution is 2.14. The fourth-order valence-corrected chi connectivity index (χ4v) is 4.72. The molecule has 0 heterocycles. The maximum absolute atomic E-state index is 11.9. The zero-order valence-electron chi connectivity index (χ0n) is 23.8. The lowest BCUT2D eigenvalue weighted by Crippen LogP contribution is -2.40. The number of aryl methyl sites for hydroxylation is 1. The highest BCUT2D eigenvalue weighted by molar-refractivity contribution is 6.35. The summed E-state index contributed by atoms with van der Waals surface area (Å²) in [6.45, 7) is 3.31. The predicted molar refractivity (Wildman–Crippen MR) is 156 cm³/mol. The van der Waals surface area contributed by atoms with Gasteiger partial charge in [-0.3, -0.25) is 9.59 Å². The summed E-state index contributed by atoms with van der Waals surface area (Å²) >= 11 is 0. The monoisotopic (exact) mass is 516 g/mol. The summed E-state index contributed by atoms with van der Waals surface area (Å²) < 4.78 is 0. The molecule has 0 radical (unpaired) electrons. The molecule has 0 aromatic heterocycles. The van der Waals surface area contributed by atoms with Crippen LogP contribution in [-0.4, -0.2) is 30.0 Å². The van der Waals surface area contributed by atoms with Crippen LogP contribution < -0.4 is 10.6 Å². The number of carbonyl (C=O) groups excluding carboxylic acids is 2. The van der Waals surface area contributed by atoms with Gasteiger partial charge in [0, 0.05) is 13.1 Å². The van der Waals surface area contributed by atoms with E-state index in [1.54, 1.807) is 12.1 Å². The van der Waals surface area contributed by atoms with Gasteiger partial charge in [0.25, 0.3) is 0 Å². The quantitative estimate of drug-likeness (QED) is 0.0962. The van der Waals surface area contributed by atoms with Crippen LogP contribution in [0, 0.1) is 0 Å². The first-order valence-corrected chi connectivity index (χ1v) is 15.5. The van der Waals surface area contributed by atoms with Crippen LogP contribution in [0.3, 0.4) is 0 Å². The second kappa shape index (κ2) is 24.3. The molecule has 212 valence electrons. The van der Waals surface area contributed by atoms with Crippen molar-refractivity contribution in [1.82, 2.24) is 10.6 Å². The van der Waals surface area contributed by atoms with Crippen molar-refractivity contribution in [2.24, 2.45) is 0 Å². The molecule has 0 aliphatic heterocycles. The SMILES string of the molecule is CCCCCCCCCCCCCCCCCCCCCNC(=O)C(=O)NCCCc1ccc(O)cc1. The molecular formula is C32H56N2O3. The number of rotatable bonds is 24. The number of carbonyl (C=O) groups is 2. The van der Waals surface area contributed by atoms with Gasteiger partial charge in [-0.1, -0.05) is 135 Å². The Morgan fingerprint density at radius 3 is 1.30 bits per heavy atom. The average Bonchev–Trinajstić information content (AvgIpc) is 2.90. The van der Waals surface area contributed by atoms with E-state index in [4.69, 9.17) is 0 Å². The van der Waals surface area contributed by atoms with Crippen molar-refractivity contribution in [1.29, 1.82) is 0 Å². The minimum atomic E-state index is -0.552. The van der Waals surface area contributed by atoms with E-state index in [1.807, 2.05) is 12.1 Å². The summed E-state index contributed by atoms with van der Waals surface area (Å²) in [4.78, 5) is 23.8. The number of hydrogen-bond donors (Lipinski definition) is 3. The fraction of sp³-hybridized carbons (Fsp3) is 0.750. The molecule has 0 fully saturated rings. The van der Waals surface area contributed by atoms with Crippen LogP contribution in [0.1, 0.15) is 141 Å². The normalized spacial score (nSPS) is 10.9. The molecule has 3 N–H and O–H groups in total. The first-order chi connectivity index (χ1) is 18.1. The van der Waals surface area contributed by atoms with E-state index in [0.29, 0.717) is 13.1 Å². The minimum absolute atomic E-state index is 0.249. The molecule has 1 aromatic rings. The second-order valence-electron chi connectivity index (χ2n) is 10.6. The van der Waals surface area contributed by atoms with Crippen molar-refractivity contribution >= 4 is 11.8 Å². The van der Waals surface area contributed by atoms with Crippen molar-refractivity contribution in [2.45, 2.75) is 142 Å². The van der Waals surface area contributed by atoms with E-state index in [-0.39, 0.29) is 5.75 Å². The van der Waals surface area contributed by atoms with Crippen LogP contribution in [0.2, 0.25) is 0 Å². The van der Waals surface area contributed by atoms with E-state index >= 15 is 0 Å². The molecular weight excluding hydrogens is 460 g/mol. The Hall–Kier alpha value is -2.04. The van der Waals surface area contributed by atoms with E-state index in [9.17, 15) is 14.7 Å². The van der Waals surface area contributed by atoms with Crippen LogP contribution in [0.5, 0.6) is 5.75 Å². The van der Waals surface area contributed by atoms with Gasteiger partial charge in [-0.15, -0.1) is 0 Å². The molecule has 1 rings (SSSR count). The van der Waals surface area contributed by atoms with Gasteiger partial charge in [0.2, 0.25) is 0 Å². The molecule has 0 bridgehead atoms. The molecule has 0 aliphatic carbocycles. The number of amides is 2. The fourth-order valence-electron chi connectivity index (χ4n) is 4.72. The largest absolute Gasteiger partial charge is 0.508 e. The number of unbranched alkanes of at least 4 members (excludes halogenated alkanes) is 18. The molecule has 0 saturated carbocycles. The van der Waals surface area contributed by atoms with Gasteiger partial charge in [0.1, 0.15) is 5.75 Å². The molecule has 0 spiro atoms. The maximum atomic E-state index is 11.9. The Kier molecular flexibility index (Phi) is 21.7. The molecule has 5 heteroatoms. The number of benzene rings is 1. The Bertz CT molecular complexity index is 675. The average molecular weight is 517 g/mol. The van der Waals surface area contributed by atoms with Gasteiger partial charge in [0.15, 0.2) is 0 Å². The molecule has 5 nitrogen and oxygen atoms in total. The molecule has 0 atom stereocenters. The summed E-state index contributed by atoms with van der Waals surface area (Å²) in [5.41, 5.74) is 1.10. The number of nitrogens with one attached hydrogen (secondary N) is 2. The summed E-state index contributed by atoms with van der Waals surface area (Å²) in [7, 11) is 0. The third-order valence-electron chi connectivity index (χ3n) is 7.14. The summed E-state index contributed by atoms with van der Waals surface area (Å²) in [6, 6.07) is 7.04. The van der Waals surface area contributed by atoms with E-state index < -0.39 is 11.8 Å². The second-order valence-corrected chi connectivity index (χ2v) is 10.6. The van der Waals surface area contributed by atoms with Gasteiger partial charge in [-0.25, -0.2) is 0 Å². The van der Waals surface area contributed by atoms with E-state index in [0.717, 1.165) is 31.2 Å². The number of hydrogen-bond acceptors (Lipinski definition) is 3. The zero-order chi connectivity index (χ0) is 26.8. The Balaban J connectivity index is 1.78. The predicted octanol–water partition coefficient (Wildman–Crippen LogP) is 7.99. The zero-order valence-corrected chi connectivity index (χ0v) is 23.8. The van der Waals surface area contributed by atoms with Crippen LogP contribution in [-0.2, 0) is 16.0 Å². The van der Waals surface area contributed by atoms with Crippen molar-refractivity contribution < 1.29 is 14.7 Å². The maximum Gasteiger partial charge on any atom is 0.309 e. The van der Waals surface area contributed by atoms with Crippen molar-refractivity contribution in [3.8, 4) is 5.75 Å². The Morgan fingerprint density at radius 2 is 0.892 bits per heavy atom. The van der Waals surface area contributed by atoms with Crippen LogP contribution in [0.15, 0.2) is 24.3 Å². The number of aromatic hydroxyl groups is 1. The summed E-state index contributed by atoms with van der Waals surface area (Å²) in [6.07, 6.45) is 27.1. The Morgan fingerprint density at radius 1 is 0.541 bits per heavy atom. The lowest BCUT2D eigenvalue weighted by atomic mass is 10.0. The molecule has 0 saturated heterocycles. The summed E-state index contributed by atoms with van der Waals surface area (Å²) in [5.74, 6) is -0.839. The molecule has 1 aromatic carbocycles. The van der Waals surface area contributed by atoms with Crippen molar-refractivity contribution in [3.63, 3.8) is 0 Å². The summed E-state index contributed by atoms with van der Waals surface area (Å²) in [5, 5.41) is 14.7. The lowest BCUT2D eigenvalue weighted by Gasteiger charge is -2.07. The van der Waals surface area contributed by atoms with Gasteiger partial charge in [-0.05, 0) is 37.0 Å². The third kappa shape index (κ3) is 20.7. The minimum Gasteiger partial charge on any atom is -0.508 e. The van der Waals surface area contributed by atoms with Crippen molar-refractivity contribution in [2.75, 3.05) is 13.1 Å². The highest BCUT2D eigenvalue weighted by Gasteiger charge is 2.11. The van der Waals surface area contributed by atoms with Crippen molar-refractivity contribution in [3.05, 3.63) is 29.8 Å². The number of phenolic OH excluding ortho intramolecular Hbond substituents is 1. The van der Waals surface area contributed by atoms with Gasteiger partial charge in [-0.2, -0.15) is 0 Å². The molecule has 0 unspecified atom stereocenters. The van der Waals surface area contributed by atoms with Crippen LogP contribution in [0.4, 0.5) is 0 Å². The standard InChI is InChI=1S/C32H56N2O3/c1-2-3-4-5-6-7-8-9-10-11-12-13-14-15-16-17-18-19-20-27-33-31(36)32(37)34-28-21-22-29-23-25-30(35)26-24-29/h23-26,35H,2-22,27-28H2,1H3,(H,33,36)(H,34,37). The first-order valence-electron chi connectivity index (χ1n) is 15.5. The highest BCUT2D eigenvalue weighted by atomic mass is 16.3. The number of phenols is 1. The smallest absolute Gasteiger partial charge is 0.309 e. The van der Waals surface area contributed by atoms with Crippen LogP contribution in [0.25, 0.3) is 0 Å². The molecule has 0 aliphatic rings. The first kappa shape index (κ1) is 33.0. The Labute approximate surface area is 227 Å². The topological polar surface area (TPSA) is 78.4 Å². The van der Waals surface area contributed by atoms with E-state index in [2.05, 4.69) is 17.6 Å². The molecule has 2 amide bonds. The van der Waals surface area contributed by atoms with Crippen LogP contribution >= 0.6 is 0 Å². The van der Waals surface area contributed by atoms with E-state index in [1.165, 1.54) is 109 Å². The van der Waals surface area contributed by atoms with Gasteiger partial charge in [0.05, 0.1) is 0 Å². The van der Waals surface area contributed by atoms with Gasteiger partial charge >= 0.3 is 11.8 Å². The third-order valence-corrected chi connectivity index (χ3v) is 7.14. The van der Waals surface area contributed by atoms with Gasteiger partial charge < -0.3 is 15.7 Å². The molecule has 37 heavy (non-hydrogen) atoms.